The third kappa shape index (κ3) is 2.72. The maximum Gasteiger partial charge on any atom is 0.133 e. The van der Waals surface area contributed by atoms with Crippen LogP contribution in [0.4, 0.5) is 0 Å². The van der Waals surface area contributed by atoms with Crippen molar-refractivity contribution in [1.29, 1.82) is 0 Å². The minimum absolute atomic E-state index is 0.406. The van der Waals surface area contributed by atoms with Crippen molar-refractivity contribution in [2.75, 3.05) is 5.75 Å². The van der Waals surface area contributed by atoms with Crippen molar-refractivity contribution in [2.45, 2.75) is 39.2 Å². The molecule has 0 amide bonds. The van der Waals surface area contributed by atoms with Crippen molar-refractivity contribution in [1.82, 2.24) is 10.7 Å². The fourth-order valence-electron chi connectivity index (χ4n) is 1.42. The van der Waals surface area contributed by atoms with Crippen LogP contribution in [0.1, 0.15) is 33.1 Å². The lowest BCUT2D eigenvalue weighted by molar-refractivity contribution is 0.565. The summed E-state index contributed by atoms with van der Waals surface area (Å²) in [6.45, 7) is 4.23. The highest BCUT2D eigenvalue weighted by molar-refractivity contribution is 7.89. The molecule has 0 radical (unpaired) electrons. The molecule has 2 atom stereocenters. The first-order valence-corrected chi connectivity index (χ1v) is 6.35. The van der Waals surface area contributed by atoms with E-state index in [1.807, 2.05) is 0 Å². The molecule has 0 aliphatic carbocycles. The molecule has 1 aliphatic heterocycles. The fourth-order valence-corrected chi connectivity index (χ4v) is 2.60. The second-order valence-corrected chi connectivity index (χ2v) is 5.07. The van der Waals surface area contributed by atoms with Crippen LogP contribution in [-0.2, 0) is 10.8 Å². The van der Waals surface area contributed by atoms with E-state index in [0.29, 0.717) is 16.8 Å². The van der Waals surface area contributed by atoms with Crippen LogP contribution in [0.2, 0.25) is 0 Å². The van der Waals surface area contributed by atoms with Crippen molar-refractivity contribution in [3.63, 3.8) is 0 Å². The Morgan fingerprint density at radius 1 is 1.64 bits per heavy atom. The Hall–Kier alpha value is -0.550. The minimum atomic E-state index is -0.945. The molecule has 0 fully saturated rings. The van der Waals surface area contributed by atoms with E-state index in [-0.39, 0.29) is 0 Å². The summed E-state index contributed by atoms with van der Waals surface area (Å²) in [5.74, 6) is 6.07. The lowest BCUT2D eigenvalue weighted by Crippen LogP contribution is -2.35. The van der Waals surface area contributed by atoms with Crippen molar-refractivity contribution in [2.24, 2.45) is 5.84 Å². The highest BCUT2D eigenvalue weighted by Gasteiger charge is 2.19. The van der Waals surface area contributed by atoms with Gasteiger partial charge in [0.25, 0.3) is 0 Å². The monoisotopic (exact) mass is 217 g/mol. The predicted molar refractivity (Wildman–Crippen MR) is 59.5 cm³/mol. The van der Waals surface area contributed by atoms with Crippen LogP contribution in [0.5, 0.6) is 0 Å². The summed E-state index contributed by atoms with van der Waals surface area (Å²) in [7, 11) is -0.945. The van der Waals surface area contributed by atoms with Gasteiger partial charge in [-0.05, 0) is 26.2 Å². The first-order chi connectivity index (χ1) is 6.69. The third-order valence-corrected chi connectivity index (χ3v) is 3.90. The Balaban J connectivity index is 2.75. The van der Waals surface area contributed by atoms with Gasteiger partial charge in [0.15, 0.2) is 0 Å². The maximum absolute atomic E-state index is 11.6. The summed E-state index contributed by atoms with van der Waals surface area (Å²) in [5, 5.41) is 4.02. The predicted octanol–water partition coefficient (Wildman–Crippen LogP) is 0.549. The summed E-state index contributed by atoms with van der Waals surface area (Å²) in [5.41, 5.74) is 3.57. The molecule has 0 aromatic rings. The first-order valence-electron chi connectivity index (χ1n) is 5.03. The molecule has 0 aromatic heterocycles. The molecule has 5 heteroatoms. The number of nitrogens with one attached hydrogen (secondary N) is 2. The van der Waals surface area contributed by atoms with E-state index in [0.717, 1.165) is 25.0 Å². The highest BCUT2D eigenvalue weighted by atomic mass is 32.2. The number of hydrogen-bond acceptors (Lipinski definition) is 4. The molecule has 0 saturated heterocycles. The standard InChI is InChI=1S/C9H19N3OS/c1-3-7(2)11-8-5-4-6-14(13)9(8)12-10/h7,11-12H,3-6,10H2,1-2H3. The molecule has 4 nitrogen and oxygen atoms in total. The molecule has 0 aromatic carbocycles. The van der Waals surface area contributed by atoms with Crippen molar-refractivity contribution < 1.29 is 4.21 Å². The van der Waals surface area contributed by atoms with E-state index >= 15 is 0 Å². The zero-order chi connectivity index (χ0) is 10.6. The molecule has 0 bridgehead atoms. The first kappa shape index (κ1) is 11.5. The molecule has 1 rings (SSSR count). The van der Waals surface area contributed by atoms with Gasteiger partial charge in [-0.25, -0.2) is 5.84 Å². The van der Waals surface area contributed by atoms with Crippen LogP contribution in [0.15, 0.2) is 10.7 Å². The van der Waals surface area contributed by atoms with E-state index < -0.39 is 10.8 Å². The lowest BCUT2D eigenvalue weighted by atomic mass is 10.2. The van der Waals surface area contributed by atoms with Gasteiger partial charge in [-0.2, -0.15) is 0 Å². The summed E-state index contributed by atoms with van der Waals surface area (Å²) >= 11 is 0. The minimum Gasteiger partial charge on any atom is -0.384 e. The van der Waals surface area contributed by atoms with Gasteiger partial charge in [0, 0.05) is 17.5 Å². The van der Waals surface area contributed by atoms with Crippen LogP contribution in [0, 0.1) is 0 Å². The van der Waals surface area contributed by atoms with Crippen molar-refractivity contribution in [3.05, 3.63) is 10.7 Å². The SMILES string of the molecule is CCC(C)NC1=C(NN)S(=O)CCC1. The molecular formula is C9H19N3OS. The van der Waals surface area contributed by atoms with Gasteiger partial charge >= 0.3 is 0 Å². The van der Waals surface area contributed by atoms with Gasteiger partial charge in [-0.1, -0.05) is 6.92 Å². The van der Waals surface area contributed by atoms with E-state index in [9.17, 15) is 4.21 Å². The maximum atomic E-state index is 11.6. The second-order valence-electron chi connectivity index (χ2n) is 3.56. The normalized spacial score (nSPS) is 24.6. The van der Waals surface area contributed by atoms with Crippen molar-refractivity contribution in [3.8, 4) is 0 Å². The molecule has 1 heterocycles. The van der Waals surface area contributed by atoms with Crippen LogP contribution >= 0.6 is 0 Å². The molecule has 4 N–H and O–H groups in total. The largest absolute Gasteiger partial charge is 0.384 e. The summed E-state index contributed by atoms with van der Waals surface area (Å²) in [6.07, 6.45) is 2.96. The van der Waals surface area contributed by atoms with E-state index in [1.54, 1.807) is 0 Å². The molecule has 2 unspecified atom stereocenters. The Labute approximate surface area is 87.7 Å². The van der Waals surface area contributed by atoms with E-state index in [1.165, 1.54) is 0 Å². The van der Waals surface area contributed by atoms with Crippen LogP contribution in [0.25, 0.3) is 0 Å². The van der Waals surface area contributed by atoms with E-state index in [4.69, 9.17) is 5.84 Å². The molecule has 0 saturated carbocycles. The second kappa shape index (κ2) is 5.36. The zero-order valence-corrected chi connectivity index (χ0v) is 9.62. The Bertz CT molecular complexity index is 252. The Kier molecular flexibility index (Phi) is 4.41. The van der Waals surface area contributed by atoms with Crippen LogP contribution in [0.3, 0.4) is 0 Å². The quantitative estimate of drug-likeness (QED) is 0.475. The zero-order valence-electron chi connectivity index (χ0n) is 8.80. The average molecular weight is 217 g/mol. The van der Waals surface area contributed by atoms with Crippen molar-refractivity contribution >= 4 is 10.8 Å². The number of allylic oxidation sites excluding steroid dienone is 1. The number of hydrogen-bond donors (Lipinski definition) is 3. The van der Waals surface area contributed by atoms with Gasteiger partial charge in [0.2, 0.25) is 0 Å². The summed E-state index contributed by atoms with van der Waals surface area (Å²) < 4.78 is 11.6. The topological polar surface area (TPSA) is 67.2 Å². The van der Waals surface area contributed by atoms with Gasteiger partial charge in [0.05, 0.1) is 10.8 Å². The average Bonchev–Trinajstić information content (AvgIpc) is 2.18. The number of rotatable bonds is 4. The molecule has 1 aliphatic rings. The smallest absolute Gasteiger partial charge is 0.133 e. The third-order valence-electron chi connectivity index (χ3n) is 2.42. The number of hydrazine groups is 1. The van der Waals surface area contributed by atoms with Gasteiger partial charge < -0.3 is 10.7 Å². The molecule has 82 valence electrons. The fraction of sp³-hybridized carbons (Fsp3) is 0.778. The van der Waals surface area contributed by atoms with Gasteiger partial charge in [0.1, 0.15) is 5.03 Å². The molecule has 14 heavy (non-hydrogen) atoms. The Morgan fingerprint density at radius 2 is 2.36 bits per heavy atom. The highest BCUT2D eigenvalue weighted by Crippen LogP contribution is 2.17. The molecule has 0 spiro atoms. The summed E-state index contributed by atoms with van der Waals surface area (Å²) in [6, 6.07) is 0.406. The van der Waals surface area contributed by atoms with Crippen LogP contribution < -0.4 is 16.6 Å². The van der Waals surface area contributed by atoms with Crippen LogP contribution in [-0.4, -0.2) is 16.0 Å². The lowest BCUT2D eigenvalue weighted by Gasteiger charge is -2.23. The number of nitrogens with two attached hydrogens (primary N) is 1. The molecular weight excluding hydrogens is 198 g/mol. The Morgan fingerprint density at radius 3 is 2.93 bits per heavy atom. The summed E-state index contributed by atoms with van der Waals surface area (Å²) in [4.78, 5) is 0. The van der Waals surface area contributed by atoms with E-state index in [2.05, 4.69) is 24.6 Å². The van der Waals surface area contributed by atoms with Gasteiger partial charge in [-0.15, -0.1) is 0 Å². The van der Waals surface area contributed by atoms with Gasteiger partial charge in [-0.3, -0.25) is 4.21 Å².